The lowest BCUT2D eigenvalue weighted by Crippen LogP contribution is -2.50. The Kier molecular flexibility index (Phi) is 3.27. The maximum atomic E-state index is 11.7. The number of aliphatic carboxylic acids is 1. The zero-order valence-electron chi connectivity index (χ0n) is 9.30. The van der Waals surface area contributed by atoms with Crippen LogP contribution in [0.15, 0.2) is 30.3 Å². The van der Waals surface area contributed by atoms with E-state index in [4.69, 9.17) is 5.11 Å². The second-order valence-corrected chi connectivity index (χ2v) is 3.97. The molecule has 90 valence electrons. The topological polar surface area (TPSA) is 69.6 Å². The summed E-state index contributed by atoms with van der Waals surface area (Å²) >= 11 is 0. The van der Waals surface area contributed by atoms with Gasteiger partial charge in [-0.05, 0) is 12.0 Å². The molecule has 5 nitrogen and oxygen atoms in total. The van der Waals surface area contributed by atoms with E-state index in [1.54, 1.807) is 0 Å². The van der Waals surface area contributed by atoms with Crippen LogP contribution in [0.1, 0.15) is 18.0 Å². The molecule has 1 fully saturated rings. The number of amides is 2. The Morgan fingerprint density at radius 2 is 2.12 bits per heavy atom. The molecule has 1 heterocycles. The smallest absolute Gasteiger partial charge is 0.323 e. The minimum absolute atomic E-state index is 0.152. The van der Waals surface area contributed by atoms with E-state index in [0.29, 0.717) is 6.54 Å². The van der Waals surface area contributed by atoms with Gasteiger partial charge in [-0.25, -0.2) is 4.79 Å². The number of benzene rings is 1. The predicted molar refractivity (Wildman–Crippen MR) is 61.5 cm³/mol. The lowest BCUT2D eigenvalue weighted by atomic mass is 10.0. The van der Waals surface area contributed by atoms with Gasteiger partial charge in [-0.3, -0.25) is 4.79 Å². The Balaban J connectivity index is 2.23. The first-order valence-corrected chi connectivity index (χ1v) is 5.49. The van der Waals surface area contributed by atoms with Gasteiger partial charge < -0.3 is 15.3 Å². The average molecular weight is 234 g/mol. The van der Waals surface area contributed by atoms with Gasteiger partial charge in [0.15, 0.2) is 0 Å². The number of carboxylic acids is 1. The van der Waals surface area contributed by atoms with Crippen LogP contribution in [0.2, 0.25) is 0 Å². The van der Waals surface area contributed by atoms with Crippen LogP contribution >= 0.6 is 0 Å². The van der Waals surface area contributed by atoms with Gasteiger partial charge in [-0.2, -0.15) is 0 Å². The molecule has 1 aromatic rings. The number of urea groups is 1. The molecule has 0 spiro atoms. The number of hydrogen-bond donors (Lipinski definition) is 2. The highest BCUT2D eigenvalue weighted by molar-refractivity contribution is 5.81. The second-order valence-electron chi connectivity index (χ2n) is 3.97. The summed E-state index contributed by atoms with van der Waals surface area (Å²) in [5.41, 5.74) is 0.976. The molecule has 2 amide bonds. The van der Waals surface area contributed by atoms with E-state index in [9.17, 15) is 9.59 Å². The monoisotopic (exact) mass is 234 g/mol. The molecule has 0 saturated carbocycles. The van der Waals surface area contributed by atoms with Gasteiger partial charge in [-0.1, -0.05) is 30.3 Å². The molecule has 5 heteroatoms. The van der Waals surface area contributed by atoms with Gasteiger partial charge in [0.25, 0.3) is 0 Å². The van der Waals surface area contributed by atoms with Gasteiger partial charge in [0.1, 0.15) is 6.54 Å². The predicted octanol–water partition coefficient (Wildman–Crippen LogP) is 1.23. The number of carbonyl (C=O) groups excluding carboxylic acids is 1. The number of carboxylic acid groups (broad SMARTS) is 1. The molecular formula is C12H14N2O3. The number of nitrogens with zero attached hydrogens (tertiary/aromatic N) is 1. The van der Waals surface area contributed by atoms with Crippen molar-refractivity contribution < 1.29 is 14.7 Å². The maximum Gasteiger partial charge on any atom is 0.323 e. The largest absolute Gasteiger partial charge is 0.480 e. The van der Waals surface area contributed by atoms with Gasteiger partial charge in [0.2, 0.25) is 0 Å². The van der Waals surface area contributed by atoms with E-state index in [2.05, 4.69) is 5.32 Å². The molecule has 1 unspecified atom stereocenters. The molecule has 17 heavy (non-hydrogen) atoms. The first-order valence-electron chi connectivity index (χ1n) is 5.49. The fourth-order valence-corrected chi connectivity index (χ4v) is 2.06. The number of rotatable bonds is 3. The maximum absolute atomic E-state index is 11.7. The number of hydrogen-bond acceptors (Lipinski definition) is 2. The Labute approximate surface area is 99.0 Å². The Bertz CT molecular complexity index is 419. The van der Waals surface area contributed by atoms with Crippen LogP contribution < -0.4 is 5.32 Å². The van der Waals surface area contributed by atoms with Crippen LogP contribution in [0.5, 0.6) is 0 Å². The van der Waals surface area contributed by atoms with E-state index >= 15 is 0 Å². The summed E-state index contributed by atoms with van der Waals surface area (Å²) in [7, 11) is 0. The normalized spacial score (nSPS) is 19.9. The summed E-state index contributed by atoms with van der Waals surface area (Å²) in [6.07, 6.45) is 0.725. The van der Waals surface area contributed by atoms with Crippen molar-refractivity contribution in [2.45, 2.75) is 12.5 Å². The second kappa shape index (κ2) is 4.86. The van der Waals surface area contributed by atoms with Crippen molar-refractivity contribution >= 4 is 12.0 Å². The van der Waals surface area contributed by atoms with Gasteiger partial charge in [0.05, 0.1) is 6.04 Å². The summed E-state index contributed by atoms with van der Waals surface area (Å²) in [6, 6.07) is 9.04. The molecule has 1 atom stereocenters. The molecule has 0 bridgehead atoms. The minimum Gasteiger partial charge on any atom is -0.480 e. The molecule has 2 rings (SSSR count). The Morgan fingerprint density at radius 3 is 2.76 bits per heavy atom. The minimum atomic E-state index is -0.997. The third-order valence-corrected chi connectivity index (χ3v) is 2.82. The van der Waals surface area contributed by atoms with E-state index in [0.717, 1.165) is 12.0 Å². The van der Waals surface area contributed by atoms with E-state index in [1.807, 2.05) is 30.3 Å². The third kappa shape index (κ3) is 2.55. The summed E-state index contributed by atoms with van der Waals surface area (Å²) in [6.45, 7) is 0.305. The van der Waals surface area contributed by atoms with Crippen molar-refractivity contribution in [2.24, 2.45) is 0 Å². The van der Waals surface area contributed by atoms with Crippen molar-refractivity contribution in [1.82, 2.24) is 10.2 Å². The molecule has 0 aromatic heterocycles. The first kappa shape index (κ1) is 11.4. The van der Waals surface area contributed by atoms with Crippen LogP contribution in [-0.4, -0.2) is 35.1 Å². The summed E-state index contributed by atoms with van der Waals surface area (Å²) < 4.78 is 0. The van der Waals surface area contributed by atoms with Crippen LogP contribution in [0.4, 0.5) is 4.79 Å². The molecular weight excluding hydrogens is 220 g/mol. The standard InChI is InChI=1S/C12H14N2O3/c15-11(16)8-14-10(6-7-13-12(14)17)9-4-2-1-3-5-9/h1-5,10H,6-8H2,(H,13,17)(H,15,16). The fraction of sp³-hybridized carbons (Fsp3) is 0.333. The third-order valence-electron chi connectivity index (χ3n) is 2.82. The van der Waals surface area contributed by atoms with Gasteiger partial charge in [-0.15, -0.1) is 0 Å². The number of nitrogens with one attached hydrogen (secondary N) is 1. The van der Waals surface area contributed by atoms with Crippen molar-refractivity contribution in [1.29, 1.82) is 0 Å². The van der Waals surface area contributed by atoms with Crippen molar-refractivity contribution in [3.63, 3.8) is 0 Å². The van der Waals surface area contributed by atoms with Crippen LogP contribution in [-0.2, 0) is 4.79 Å². The molecule has 1 aliphatic rings. The molecule has 1 aliphatic heterocycles. The highest BCUT2D eigenvalue weighted by Crippen LogP contribution is 2.26. The molecule has 0 aliphatic carbocycles. The zero-order chi connectivity index (χ0) is 12.3. The van der Waals surface area contributed by atoms with E-state index < -0.39 is 5.97 Å². The van der Waals surface area contributed by atoms with E-state index in [-0.39, 0.29) is 18.6 Å². The lowest BCUT2D eigenvalue weighted by Gasteiger charge is -2.35. The molecule has 1 aromatic carbocycles. The molecule has 2 N–H and O–H groups in total. The van der Waals surface area contributed by atoms with Gasteiger partial charge in [0, 0.05) is 6.54 Å². The van der Waals surface area contributed by atoms with Crippen molar-refractivity contribution in [3.05, 3.63) is 35.9 Å². The Hall–Kier alpha value is -2.04. The SMILES string of the molecule is O=C(O)CN1C(=O)NCCC1c1ccccc1. The van der Waals surface area contributed by atoms with Crippen LogP contribution in [0.3, 0.4) is 0 Å². The fourth-order valence-electron chi connectivity index (χ4n) is 2.06. The zero-order valence-corrected chi connectivity index (χ0v) is 9.30. The quantitative estimate of drug-likeness (QED) is 0.826. The van der Waals surface area contributed by atoms with Crippen molar-refractivity contribution in [3.8, 4) is 0 Å². The van der Waals surface area contributed by atoms with E-state index in [1.165, 1.54) is 4.90 Å². The summed E-state index contributed by atoms with van der Waals surface area (Å²) in [5, 5.41) is 11.5. The van der Waals surface area contributed by atoms with Crippen molar-refractivity contribution in [2.75, 3.05) is 13.1 Å². The lowest BCUT2D eigenvalue weighted by molar-refractivity contribution is -0.138. The summed E-state index contributed by atoms with van der Waals surface area (Å²) in [5.74, 6) is -0.997. The Morgan fingerprint density at radius 1 is 1.41 bits per heavy atom. The first-order chi connectivity index (χ1) is 8.18. The summed E-state index contributed by atoms with van der Waals surface area (Å²) in [4.78, 5) is 23.8. The molecule has 1 saturated heterocycles. The average Bonchev–Trinajstić information content (AvgIpc) is 2.32. The van der Waals surface area contributed by atoms with Crippen LogP contribution in [0, 0.1) is 0 Å². The van der Waals surface area contributed by atoms with Gasteiger partial charge >= 0.3 is 12.0 Å². The number of carbonyl (C=O) groups is 2. The molecule has 0 radical (unpaired) electrons. The van der Waals surface area contributed by atoms with Crippen LogP contribution in [0.25, 0.3) is 0 Å². The highest BCUT2D eigenvalue weighted by atomic mass is 16.4. The highest BCUT2D eigenvalue weighted by Gasteiger charge is 2.30.